The Balaban J connectivity index is 1.71. The minimum absolute atomic E-state index is 0.287. The van der Waals surface area contributed by atoms with E-state index >= 15 is 0 Å². The Hall–Kier alpha value is -2.95. The lowest BCUT2D eigenvalue weighted by atomic mass is 10.1. The second-order valence-corrected chi connectivity index (χ2v) is 5.80. The van der Waals surface area contributed by atoms with Crippen LogP contribution in [0.25, 0.3) is 33.8 Å². The number of hydrogen-bond acceptors (Lipinski definition) is 3. The van der Waals surface area contributed by atoms with Gasteiger partial charge in [-0.25, -0.2) is 9.67 Å². The van der Waals surface area contributed by atoms with Crippen molar-refractivity contribution < 1.29 is 0 Å². The first kappa shape index (κ1) is 13.7. The molecular formula is C18H17N5. The molecule has 4 aromatic rings. The number of rotatable bonds is 3. The minimum Gasteiger partial charge on any atom is -0.335 e. The van der Waals surface area contributed by atoms with Gasteiger partial charge in [-0.15, -0.1) is 0 Å². The Bertz CT molecular complexity index is 933. The number of aromatic nitrogens is 5. The van der Waals surface area contributed by atoms with Crippen molar-refractivity contribution in [3.8, 4) is 22.6 Å². The maximum Gasteiger partial charge on any atom is 0.176 e. The molecule has 3 heterocycles. The third-order valence-corrected chi connectivity index (χ3v) is 3.85. The summed E-state index contributed by atoms with van der Waals surface area (Å²) in [6.45, 7) is 4.20. The van der Waals surface area contributed by atoms with E-state index in [1.165, 1.54) is 0 Å². The first-order chi connectivity index (χ1) is 11.2. The van der Waals surface area contributed by atoms with E-state index in [9.17, 15) is 0 Å². The average Bonchev–Trinajstić information content (AvgIpc) is 3.16. The summed E-state index contributed by atoms with van der Waals surface area (Å²) in [5, 5.41) is 4.36. The fourth-order valence-electron chi connectivity index (χ4n) is 2.66. The van der Waals surface area contributed by atoms with Gasteiger partial charge in [0.2, 0.25) is 0 Å². The summed E-state index contributed by atoms with van der Waals surface area (Å²) in [6.07, 6.45) is 3.63. The van der Waals surface area contributed by atoms with Gasteiger partial charge in [0.25, 0.3) is 0 Å². The third kappa shape index (κ3) is 2.40. The summed E-state index contributed by atoms with van der Waals surface area (Å²) >= 11 is 0. The van der Waals surface area contributed by atoms with E-state index in [4.69, 9.17) is 4.98 Å². The van der Waals surface area contributed by atoms with Crippen LogP contribution in [0, 0.1) is 0 Å². The number of aromatic amines is 1. The highest BCUT2D eigenvalue weighted by Gasteiger charge is 2.12. The molecule has 0 unspecified atom stereocenters. The van der Waals surface area contributed by atoms with Crippen molar-refractivity contribution in [3.05, 3.63) is 54.9 Å². The van der Waals surface area contributed by atoms with Crippen LogP contribution in [0.3, 0.4) is 0 Å². The lowest BCUT2D eigenvalue weighted by Gasteiger charge is -2.04. The van der Waals surface area contributed by atoms with Gasteiger partial charge in [0.05, 0.1) is 11.9 Å². The Labute approximate surface area is 134 Å². The molecule has 0 aliphatic carbocycles. The minimum atomic E-state index is 0.287. The summed E-state index contributed by atoms with van der Waals surface area (Å²) < 4.78 is 1.93. The number of pyridine rings is 1. The third-order valence-electron chi connectivity index (χ3n) is 3.85. The number of benzene rings is 1. The summed E-state index contributed by atoms with van der Waals surface area (Å²) in [5.41, 5.74) is 4.97. The molecule has 0 saturated carbocycles. The quantitative estimate of drug-likeness (QED) is 0.620. The molecule has 114 valence electrons. The molecule has 1 N–H and O–H groups in total. The van der Waals surface area contributed by atoms with Crippen molar-refractivity contribution in [1.82, 2.24) is 24.7 Å². The van der Waals surface area contributed by atoms with Crippen molar-refractivity contribution in [2.24, 2.45) is 0 Å². The smallest absolute Gasteiger partial charge is 0.176 e. The molecule has 0 amide bonds. The van der Waals surface area contributed by atoms with Gasteiger partial charge in [-0.05, 0) is 26.0 Å². The van der Waals surface area contributed by atoms with Crippen LogP contribution >= 0.6 is 0 Å². The average molecular weight is 303 g/mol. The summed E-state index contributed by atoms with van der Waals surface area (Å²) in [6, 6.07) is 14.5. The Morgan fingerprint density at radius 2 is 1.78 bits per heavy atom. The predicted molar refractivity (Wildman–Crippen MR) is 90.9 cm³/mol. The predicted octanol–water partition coefficient (Wildman–Crippen LogP) is 4.07. The van der Waals surface area contributed by atoms with E-state index in [1.54, 1.807) is 6.20 Å². The zero-order chi connectivity index (χ0) is 15.8. The van der Waals surface area contributed by atoms with Crippen LogP contribution in [0.2, 0.25) is 0 Å². The molecule has 3 aromatic heterocycles. The van der Waals surface area contributed by atoms with Crippen molar-refractivity contribution in [1.29, 1.82) is 0 Å². The molecular weight excluding hydrogens is 286 g/mol. The van der Waals surface area contributed by atoms with Gasteiger partial charge in [-0.1, -0.05) is 30.3 Å². The molecule has 4 rings (SSSR count). The molecule has 0 aliphatic heterocycles. The fourth-order valence-corrected chi connectivity index (χ4v) is 2.66. The maximum absolute atomic E-state index is 4.70. The highest BCUT2D eigenvalue weighted by atomic mass is 15.3. The van der Waals surface area contributed by atoms with Gasteiger partial charge in [0, 0.05) is 23.4 Å². The van der Waals surface area contributed by atoms with E-state index in [0.29, 0.717) is 0 Å². The Morgan fingerprint density at radius 1 is 1.00 bits per heavy atom. The molecule has 0 radical (unpaired) electrons. The number of hydrogen-bond donors (Lipinski definition) is 1. The van der Waals surface area contributed by atoms with Crippen molar-refractivity contribution >= 4 is 11.2 Å². The summed E-state index contributed by atoms with van der Waals surface area (Å²) in [7, 11) is 0. The number of imidazole rings is 1. The lowest BCUT2D eigenvalue weighted by Crippen LogP contribution is -2.02. The monoisotopic (exact) mass is 303 g/mol. The number of H-pyrrole nitrogens is 1. The van der Waals surface area contributed by atoms with Crippen LogP contribution in [-0.2, 0) is 0 Å². The van der Waals surface area contributed by atoms with Gasteiger partial charge in [-0.3, -0.25) is 4.98 Å². The first-order valence-electron chi connectivity index (χ1n) is 7.67. The molecule has 1 aromatic carbocycles. The van der Waals surface area contributed by atoms with Crippen molar-refractivity contribution in [3.63, 3.8) is 0 Å². The van der Waals surface area contributed by atoms with Crippen molar-refractivity contribution in [2.75, 3.05) is 0 Å². The van der Waals surface area contributed by atoms with E-state index in [-0.39, 0.29) is 6.04 Å². The van der Waals surface area contributed by atoms with E-state index in [2.05, 4.69) is 53.2 Å². The maximum atomic E-state index is 4.70. The lowest BCUT2D eigenvalue weighted by molar-refractivity contribution is 0.547. The van der Waals surface area contributed by atoms with Gasteiger partial charge < -0.3 is 4.98 Å². The van der Waals surface area contributed by atoms with Gasteiger partial charge in [0.1, 0.15) is 11.3 Å². The van der Waals surface area contributed by atoms with Gasteiger partial charge in [0.15, 0.2) is 5.65 Å². The van der Waals surface area contributed by atoms with Crippen LogP contribution in [0.15, 0.2) is 54.9 Å². The van der Waals surface area contributed by atoms with Crippen LogP contribution in [0.5, 0.6) is 0 Å². The van der Waals surface area contributed by atoms with E-state index in [1.807, 2.05) is 29.1 Å². The highest BCUT2D eigenvalue weighted by Crippen LogP contribution is 2.24. The molecule has 0 fully saturated rings. The highest BCUT2D eigenvalue weighted by molar-refractivity contribution is 5.76. The summed E-state index contributed by atoms with van der Waals surface area (Å²) in [5.74, 6) is 0.861. The Kier molecular flexibility index (Phi) is 3.19. The molecule has 0 atom stereocenters. The number of fused-ring (bicyclic) bond motifs is 1. The van der Waals surface area contributed by atoms with Crippen molar-refractivity contribution in [2.45, 2.75) is 19.9 Å². The largest absolute Gasteiger partial charge is 0.335 e. The van der Waals surface area contributed by atoms with E-state index in [0.717, 1.165) is 33.8 Å². The number of nitrogens with one attached hydrogen (secondary N) is 1. The van der Waals surface area contributed by atoms with Gasteiger partial charge >= 0.3 is 0 Å². The second-order valence-electron chi connectivity index (χ2n) is 5.80. The number of nitrogens with zero attached hydrogens (tertiary/aromatic N) is 4. The van der Waals surface area contributed by atoms with Gasteiger partial charge in [-0.2, -0.15) is 5.10 Å². The SMILES string of the molecule is CC(C)n1ncc2[nH]c(-c3ccc(-c4ccccn4)cc3)nc21. The fraction of sp³-hybridized carbons (Fsp3) is 0.167. The van der Waals surface area contributed by atoms with Crippen LogP contribution in [0.1, 0.15) is 19.9 Å². The molecule has 0 aliphatic rings. The molecule has 5 heteroatoms. The standard InChI is InChI=1S/C18H17N5/c1-12(2)23-18-16(11-20-23)21-17(22-18)14-8-6-13(7-9-14)15-5-3-4-10-19-15/h3-12H,1-2H3,(H,21,22). The second kappa shape index (κ2) is 5.35. The van der Waals surface area contributed by atoms with E-state index < -0.39 is 0 Å². The Morgan fingerprint density at radius 3 is 2.48 bits per heavy atom. The zero-order valence-electron chi connectivity index (χ0n) is 13.1. The van der Waals surface area contributed by atoms with Crippen LogP contribution in [0.4, 0.5) is 0 Å². The normalized spacial score (nSPS) is 11.4. The zero-order valence-corrected chi connectivity index (χ0v) is 13.1. The van der Waals surface area contributed by atoms with Crippen LogP contribution < -0.4 is 0 Å². The molecule has 23 heavy (non-hydrogen) atoms. The topological polar surface area (TPSA) is 59.4 Å². The molecule has 0 spiro atoms. The molecule has 0 saturated heterocycles. The molecule has 5 nitrogen and oxygen atoms in total. The van der Waals surface area contributed by atoms with Crippen LogP contribution in [-0.4, -0.2) is 24.7 Å². The summed E-state index contributed by atoms with van der Waals surface area (Å²) in [4.78, 5) is 12.4. The molecule has 0 bridgehead atoms. The first-order valence-corrected chi connectivity index (χ1v) is 7.67.